The van der Waals surface area contributed by atoms with Gasteiger partial charge in [-0.3, -0.25) is 0 Å². The second-order valence-electron chi connectivity index (χ2n) is 3.83. The number of hydrogen-bond donors (Lipinski definition) is 0. The van der Waals surface area contributed by atoms with E-state index in [4.69, 9.17) is 0 Å². The second kappa shape index (κ2) is 2.36. The molecule has 0 aromatic rings. The minimum absolute atomic E-state index is 1.15. The van der Waals surface area contributed by atoms with Crippen LogP contribution in [0.2, 0.25) is 11.6 Å². The molecule has 2 bridgehead atoms. The number of fused-ring (bicyclic) bond motifs is 2. The molecule has 2 rings (SSSR count). The van der Waals surface area contributed by atoms with E-state index in [-0.39, 0.29) is 0 Å². The Labute approximate surface area is 58.3 Å². The first-order valence-electron chi connectivity index (χ1n) is 4.45. The molecule has 2 aliphatic rings. The van der Waals surface area contributed by atoms with Crippen molar-refractivity contribution in [3.8, 4) is 0 Å². The Morgan fingerprint density at radius 1 is 0.778 bits per heavy atom. The maximum atomic E-state index is 1.58. The molecule has 0 nitrogen and oxygen atoms in total. The molecule has 2 aliphatic heterocycles. The van der Waals surface area contributed by atoms with Gasteiger partial charge in [-0.25, -0.2) is 0 Å². The molecule has 2 heterocycles. The van der Waals surface area contributed by atoms with Crippen LogP contribution >= 0.6 is 0 Å². The van der Waals surface area contributed by atoms with Crippen LogP contribution in [0.25, 0.3) is 0 Å². The molecule has 0 amide bonds. The van der Waals surface area contributed by atoms with Crippen molar-refractivity contribution in [1.29, 1.82) is 0 Å². The molecule has 0 N–H and O–H groups in total. The zero-order chi connectivity index (χ0) is 6.10. The lowest BCUT2D eigenvalue weighted by molar-refractivity contribution is 0.455. The van der Waals surface area contributed by atoms with Gasteiger partial charge in [0.2, 0.25) is 0 Å². The van der Waals surface area contributed by atoms with Crippen molar-refractivity contribution >= 4 is 7.28 Å². The van der Waals surface area contributed by atoms with E-state index in [1.54, 1.807) is 33.0 Å². The Kier molecular flexibility index (Phi) is 1.53. The highest BCUT2D eigenvalue weighted by Crippen LogP contribution is 2.40. The monoisotopic (exact) mass is 122 g/mol. The lowest BCUT2D eigenvalue weighted by Crippen LogP contribution is -2.21. The van der Waals surface area contributed by atoms with Crippen LogP contribution in [0.5, 0.6) is 0 Å². The maximum Gasteiger partial charge on any atom is 0.127 e. The molecule has 0 aliphatic carbocycles. The zero-order valence-corrected chi connectivity index (χ0v) is 6.10. The predicted octanol–water partition coefficient (Wildman–Crippen LogP) is 2.37. The van der Waals surface area contributed by atoms with Gasteiger partial charge in [0, 0.05) is 0 Å². The summed E-state index contributed by atoms with van der Waals surface area (Å²) in [6.07, 6.45) is 9.28. The maximum absolute atomic E-state index is 1.58. The molecule has 50 valence electrons. The molecule has 0 atom stereocenters. The van der Waals surface area contributed by atoms with Crippen molar-refractivity contribution in [2.75, 3.05) is 0 Å². The fourth-order valence-corrected chi connectivity index (χ4v) is 2.62. The quantitative estimate of drug-likeness (QED) is 0.432. The number of hydrogen-bond acceptors (Lipinski definition) is 0. The van der Waals surface area contributed by atoms with E-state index in [9.17, 15) is 0 Å². The summed E-state index contributed by atoms with van der Waals surface area (Å²) in [5.41, 5.74) is 0. The Morgan fingerprint density at radius 2 is 1.22 bits per heavy atom. The molecule has 2 saturated heterocycles. The molecule has 0 aromatic carbocycles. The van der Waals surface area contributed by atoms with Crippen LogP contribution in [-0.4, -0.2) is 7.28 Å². The molecule has 0 aromatic heterocycles. The third-order valence-corrected chi connectivity index (χ3v) is 3.12. The van der Waals surface area contributed by atoms with Crippen LogP contribution in [-0.2, 0) is 0 Å². The molecule has 0 radical (unpaired) electrons. The van der Waals surface area contributed by atoms with Gasteiger partial charge in [-0.1, -0.05) is 50.2 Å². The van der Waals surface area contributed by atoms with Gasteiger partial charge in [-0.15, -0.1) is 0 Å². The molecular weight excluding hydrogens is 107 g/mol. The van der Waals surface area contributed by atoms with Crippen molar-refractivity contribution in [1.82, 2.24) is 0 Å². The smallest absolute Gasteiger partial charge is 0.0654 e. The lowest BCUT2D eigenvalue weighted by atomic mass is 9.44. The van der Waals surface area contributed by atoms with E-state index in [2.05, 4.69) is 0 Å². The summed E-state index contributed by atoms with van der Waals surface area (Å²) < 4.78 is 0. The Morgan fingerprint density at radius 3 is 1.56 bits per heavy atom. The van der Waals surface area contributed by atoms with Crippen molar-refractivity contribution in [2.24, 2.45) is 0 Å². The fourth-order valence-electron chi connectivity index (χ4n) is 2.62. The fraction of sp³-hybridized carbons (Fsp3) is 1.00. The van der Waals surface area contributed by atoms with E-state index < -0.39 is 0 Å². The molecule has 2 fully saturated rings. The summed E-state index contributed by atoms with van der Waals surface area (Å²) in [6, 6.07) is 0. The van der Waals surface area contributed by atoms with Crippen molar-refractivity contribution in [3.05, 3.63) is 0 Å². The molecule has 0 spiro atoms. The van der Waals surface area contributed by atoms with Gasteiger partial charge in [0.05, 0.1) is 0 Å². The van der Waals surface area contributed by atoms with Gasteiger partial charge in [0.15, 0.2) is 0 Å². The van der Waals surface area contributed by atoms with Crippen LogP contribution in [0, 0.1) is 0 Å². The van der Waals surface area contributed by atoms with Crippen molar-refractivity contribution in [2.45, 2.75) is 50.2 Å². The molecule has 9 heavy (non-hydrogen) atoms. The Hall–Kier alpha value is 0.0649. The summed E-state index contributed by atoms with van der Waals surface area (Å²) in [5, 5.41) is 0. The average molecular weight is 122 g/mol. The van der Waals surface area contributed by atoms with Gasteiger partial charge < -0.3 is 0 Å². The van der Waals surface area contributed by atoms with E-state index in [0.29, 0.717) is 0 Å². The first-order chi connectivity index (χ1) is 4.45. The van der Waals surface area contributed by atoms with Gasteiger partial charge in [0.25, 0.3) is 0 Å². The zero-order valence-electron chi connectivity index (χ0n) is 6.10. The Bertz CT molecular complexity index is 80.7. The summed E-state index contributed by atoms with van der Waals surface area (Å²) >= 11 is 0. The summed E-state index contributed by atoms with van der Waals surface area (Å²) in [5.74, 6) is 2.30. The third-order valence-electron chi connectivity index (χ3n) is 3.12. The highest BCUT2D eigenvalue weighted by molar-refractivity contribution is 6.40. The molecule has 0 saturated carbocycles. The summed E-state index contributed by atoms with van der Waals surface area (Å²) in [7, 11) is 1.58. The SMILES string of the molecule is B1[C@H]2CCC[C@@H]1CCC2. The minimum atomic E-state index is 1.15. The standard InChI is InChI=1S/C8H15B/c1-3-7-5-2-6-8(4-1)9-7/h7-9H,1-6H2/t7-,8+. The van der Waals surface area contributed by atoms with Gasteiger partial charge in [-0.05, 0) is 0 Å². The van der Waals surface area contributed by atoms with Gasteiger partial charge in [0.1, 0.15) is 7.28 Å². The Balaban J connectivity index is 1.96. The van der Waals surface area contributed by atoms with Crippen LogP contribution in [0.3, 0.4) is 0 Å². The molecule has 0 unspecified atom stereocenters. The third kappa shape index (κ3) is 1.15. The lowest BCUT2D eigenvalue weighted by Gasteiger charge is -2.32. The van der Waals surface area contributed by atoms with Crippen molar-refractivity contribution < 1.29 is 0 Å². The predicted molar refractivity (Wildman–Crippen MR) is 42.4 cm³/mol. The van der Waals surface area contributed by atoms with E-state index in [0.717, 1.165) is 11.6 Å². The van der Waals surface area contributed by atoms with Crippen molar-refractivity contribution in [3.63, 3.8) is 0 Å². The normalized spacial score (nSPS) is 41.8. The van der Waals surface area contributed by atoms with Crippen LogP contribution in [0.4, 0.5) is 0 Å². The highest BCUT2D eigenvalue weighted by atomic mass is 14.2. The molecular formula is C8H15B. The molecule has 1 heteroatoms. The first kappa shape index (κ1) is 5.82. The summed E-state index contributed by atoms with van der Waals surface area (Å²) in [4.78, 5) is 0. The number of rotatable bonds is 0. The second-order valence-corrected chi connectivity index (χ2v) is 3.83. The van der Waals surface area contributed by atoms with Gasteiger partial charge >= 0.3 is 0 Å². The van der Waals surface area contributed by atoms with Gasteiger partial charge in [-0.2, -0.15) is 0 Å². The first-order valence-corrected chi connectivity index (χ1v) is 4.45. The highest BCUT2D eigenvalue weighted by Gasteiger charge is 2.26. The minimum Gasteiger partial charge on any atom is -0.0654 e. The van der Waals surface area contributed by atoms with Crippen LogP contribution in [0.15, 0.2) is 0 Å². The average Bonchev–Trinajstić information content (AvgIpc) is 1.88. The van der Waals surface area contributed by atoms with Crippen LogP contribution < -0.4 is 0 Å². The van der Waals surface area contributed by atoms with Crippen LogP contribution in [0.1, 0.15) is 38.5 Å². The largest absolute Gasteiger partial charge is 0.127 e. The van der Waals surface area contributed by atoms with E-state index >= 15 is 0 Å². The van der Waals surface area contributed by atoms with E-state index in [1.165, 1.54) is 12.8 Å². The van der Waals surface area contributed by atoms with E-state index in [1.807, 2.05) is 0 Å². The topological polar surface area (TPSA) is 0 Å². The summed E-state index contributed by atoms with van der Waals surface area (Å²) in [6.45, 7) is 0.